The average Bonchev–Trinajstić information content (AvgIpc) is 2.30. The van der Waals surface area contributed by atoms with Crippen LogP contribution in [0.25, 0.3) is 0 Å². The summed E-state index contributed by atoms with van der Waals surface area (Å²) in [4.78, 5) is 11.0. The van der Waals surface area contributed by atoms with Crippen LogP contribution in [0.4, 0.5) is 0 Å². The molecule has 0 aromatic heterocycles. The third-order valence-electron chi connectivity index (χ3n) is 1.84. The van der Waals surface area contributed by atoms with Crippen LogP contribution in [0.1, 0.15) is 18.9 Å². The number of hydrogen-bond acceptors (Lipinski definition) is 4. The minimum Gasteiger partial charge on any atom is -0.493 e. The summed E-state index contributed by atoms with van der Waals surface area (Å²) in [5.41, 5.74) is 0.536. The fraction of sp³-hybridized carbons (Fsp3) is 0.333. The van der Waals surface area contributed by atoms with E-state index in [-0.39, 0.29) is 19.0 Å². The molecule has 1 aromatic carbocycles. The standard InChI is InChI=1S/C12H13NO3/c1-2-15-12(14)6-7-16-11-5-3-4-10(8-11)9-13/h3-5,8H,2,6-7H2,1H3. The van der Waals surface area contributed by atoms with Crippen LogP contribution in [0.3, 0.4) is 0 Å². The van der Waals surface area contributed by atoms with Crippen molar-refractivity contribution in [2.24, 2.45) is 0 Å². The molecule has 0 N–H and O–H groups in total. The molecule has 0 unspecified atom stereocenters. The normalized spacial score (nSPS) is 9.25. The second kappa shape index (κ2) is 6.46. The van der Waals surface area contributed by atoms with Crippen molar-refractivity contribution in [2.45, 2.75) is 13.3 Å². The zero-order valence-corrected chi connectivity index (χ0v) is 9.10. The molecule has 0 radical (unpaired) electrons. The minimum absolute atomic E-state index is 0.213. The predicted octanol–water partition coefficient (Wildman–Crippen LogP) is 1.89. The van der Waals surface area contributed by atoms with E-state index in [0.29, 0.717) is 17.9 Å². The van der Waals surface area contributed by atoms with Gasteiger partial charge in [0.25, 0.3) is 0 Å². The van der Waals surface area contributed by atoms with Crippen molar-refractivity contribution in [3.05, 3.63) is 29.8 Å². The summed E-state index contributed by atoms with van der Waals surface area (Å²) in [5, 5.41) is 8.67. The first-order chi connectivity index (χ1) is 7.76. The van der Waals surface area contributed by atoms with Crippen molar-refractivity contribution in [3.8, 4) is 11.8 Å². The summed E-state index contributed by atoms with van der Waals surface area (Å²) in [6.07, 6.45) is 0.213. The molecule has 1 aromatic rings. The predicted molar refractivity (Wildman–Crippen MR) is 57.9 cm³/mol. The van der Waals surface area contributed by atoms with Gasteiger partial charge in [0, 0.05) is 0 Å². The molecule has 0 fully saturated rings. The number of nitriles is 1. The van der Waals surface area contributed by atoms with Crippen LogP contribution in [0.15, 0.2) is 24.3 Å². The van der Waals surface area contributed by atoms with Gasteiger partial charge in [0.15, 0.2) is 0 Å². The van der Waals surface area contributed by atoms with E-state index < -0.39 is 0 Å². The van der Waals surface area contributed by atoms with Gasteiger partial charge in [-0.15, -0.1) is 0 Å². The third kappa shape index (κ3) is 4.01. The highest BCUT2D eigenvalue weighted by Crippen LogP contribution is 2.12. The molecule has 4 nitrogen and oxygen atoms in total. The first kappa shape index (κ1) is 12.1. The van der Waals surface area contributed by atoms with Crippen molar-refractivity contribution in [2.75, 3.05) is 13.2 Å². The molecular formula is C12H13NO3. The smallest absolute Gasteiger partial charge is 0.309 e. The number of esters is 1. The number of carbonyl (C=O) groups excluding carboxylic acids is 1. The van der Waals surface area contributed by atoms with Crippen LogP contribution in [-0.2, 0) is 9.53 Å². The third-order valence-corrected chi connectivity index (χ3v) is 1.84. The second-order valence-corrected chi connectivity index (χ2v) is 3.04. The van der Waals surface area contributed by atoms with Crippen LogP contribution >= 0.6 is 0 Å². The van der Waals surface area contributed by atoms with E-state index in [2.05, 4.69) is 0 Å². The Morgan fingerprint density at radius 1 is 1.50 bits per heavy atom. The number of rotatable bonds is 5. The highest BCUT2D eigenvalue weighted by atomic mass is 16.5. The van der Waals surface area contributed by atoms with Crippen molar-refractivity contribution in [1.29, 1.82) is 5.26 Å². The maximum atomic E-state index is 11.0. The molecule has 0 saturated carbocycles. The van der Waals surface area contributed by atoms with Gasteiger partial charge in [-0.05, 0) is 25.1 Å². The van der Waals surface area contributed by atoms with E-state index in [4.69, 9.17) is 14.7 Å². The molecule has 0 bridgehead atoms. The Kier molecular flexibility index (Phi) is 4.87. The number of hydrogen-bond donors (Lipinski definition) is 0. The molecule has 0 atom stereocenters. The zero-order chi connectivity index (χ0) is 11.8. The van der Waals surface area contributed by atoms with Gasteiger partial charge >= 0.3 is 5.97 Å². The summed E-state index contributed by atoms with van der Waals surface area (Å²) in [5.74, 6) is 0.308. The lowest BCUT2D eigenvalue weighted by atomic mass is 10.2. The number of nitrogens with zero attached hydrogens (tertiary/aromatic N) is 1. The second-order valence-electron chi connectivity index (χ2n) is 3.04. The Morgan fingerprint density at radius 3 is 3.00 bits per heavy atom. The number of benzene rings is 1. The van der Waals surface area contributed by atoms with E-state index in [1.165, 1.54) is 0 Å². The van der Waals surface area contributed by atoms with Crippen LogP contribution in [0.2, 0.25) is 0 Å². The lowest BCUT2D eigenvalue weighted by molar-refractivity contribution is -0.143. The van der Waals surface area contributed by atoms with Crippen molar-refractivity contribution < 1.29 is 14.3 Å². The average molecular weight is 219 g/mol. The maximum absolute atomic E-state index is 11.0. The van der Waals surface area contributed by atoms with Gasteiger partial charge in [-0.25, -0.2) is 0 Å². The van der Waals surface area contributed by atoms with Gasteiger partial charge in [0.2, 0.25) is 0 Å². The molecule has 1 rings (SSSR count). The van der Waals surface area contributed by atoms with Gasteiger partial charge < -0.3 is 9.47 Å². The van der Waals surface area contributed by atoms with Gasteiger partial charge in [-0.2, -0.15) is 5.26 Å². The first-order valence-electron chi connectivity index (χ1n) is 5.05. The maximum Gasteiger partial charge on any atom is 0.309 e. The molecule has 16 heavy (non-hydrogen) atoms. The molecule has 0 saturated heterocycles. The summed E-state index contributed by atoms with van der Waals surface area (Å²) >= 11 is 0. The lowest BCUT2D eigenvalue weighted by Crippen LogP contribution is -2.09. The number of ether oxygens (including phenoxy) is 2. The summed E-state index contributed by atoms with van der Waals surface area (Å²) in [6.45, 7) is 2.39. The molecule has 0 aliphatic rings. The van der Waals surface area contributed by atoms with Gasteiger partial charge in [-0.3, -0.25) is 4.79 Å². The Bertz CT molecular complexity index is 395. The Balaban J connectivity index is 2.37. The highest BCUT2D eigenvalue weighted by molar-refractivity contribution is 5.69. The molecule has 0 heterocycles. The zero-order valence-electron chi connectivity index (χ0n) is 9.10. The Hall–Kier alpha value is -2.02. The summed E-state index contributed by atoms with van der Waals surface area (Å²) in [6, 6.07) is 8.81. The van der Waals surface area contributed by atoms with Crippen LogP contribution in [0, 0.1) is 11.3 Å². The first-order valence-corrected chi connectivity index (χ1v) is 5.05. The fourth-order valence-electron chi connectivity index (χ4n) is 1.14. The van der Waals surface area contributed by atoms with Gasteiger partial charge in [0.05, 0.1) is 31.3 Å². The topological polar surface area (TPSA) is 59.3 Å². The molecule has 4 heteroatoms. The van der Waals surface area contributed by atoms with E-state index >= 15 is 0 Å². The molecule has 0 amide bonds. The van der Waals surface area contributed by atoms with Crippen LogP contribution in [0.5, 0.6) is 5.75 Å². The van der Waals surface area contributed by atoms with Gasteiger partial charge in [-0.1, -0.05) is 6.07 Å². The Morgan fingerprint density at radius 2 is 2.31 bits per heavy atom. The quantitative estimate of drug-likeness (QED) is 0.709. The molecular weight excluding hydrogens is 206 g/mol. The SMILES string of the molecule is CCOC(=O)CCOc1cccc(C#N)c1. The molecule has 84 valence electrons. The Labute approximate surface area is 94.4 Å². The largest absolute Gasteiger partial charge is 0.493 e. The van der Waals surface area contributed by atoms with E-state index in [1.807, 2.05) is 6.07 Å². The fourth-order valence-corrected chi connectivity index (χ4v) is 1.14. The van der Waals surface area contributed by atoms with Gasteiger partial charge in [0.1, 0.15) is 5.75 Å². The van der Waals surface area contributed by atoms with E-state index in [0.717, 1.165) is 0 Å². The minimum atomic E-state index is -0.279. The van der Waals surface area contributed by atoms with E-state index in [9.17, 15) is 4.79 Å². The monoisotopic (exact) mass is 219 g/mol. The van der Waals surface area contributed by atoms with Crippen LogP contribution in [-0.4, -0.2) is 19.2 Å². The van der Waals surface area contributed by atoms with Crippen LogP contribution < -0.4 is 4.74 Å². The summed E-state index contributed by atoms with van der Waals surface area (Å²) in [7, 11) is 0. The van der Waals surface area contributed by atoms with E-state index in [1.54, 1.807) is 31.2 Å². The molecule has 0 aliphatic carbocycles. The van der Waals surface area contributed by atoms with Crippen molar-refractivity contribution in [3.63, 3.8) is 0 Å². The number of carbonyl (C=O) groups is 1. The highest BCUT2D eigenvalue weighted by Gasteiger charge is 2.02. The van der Waals surface area contributed by atoms with Crippen molar-refractivity contribution >= 4 is 5.97 Å². The summed E-state index contributed by atoms with van der Waals surface area (Å²) < 4.78 is 10.1. The molecule has 0 aliphatic heterocycles. The molecule has 0 spiro atoms. The lowest BCUT2D eigenvalue weighted by Gasteiger charge is -2.05. The van der Waals surface area contributed by atoms with Crippen molar-refractivity contribution in [1.82, 2.24) is 0 Å².